The summed E-state index contributed by atoms with van der Waals surface area (Å²) in [6.45, 7) is 8.45. The highest BCUT2D eigenvalue weighted by molar-refractivity contribution is 5.32. The van der Waals surface area contributed by atoms with Crippen molar-refractivity contribution in [1.29, 1.82) is 0 Å². The van der Waals surface area contributed by atoms with Crippen molar-refractivity contribution in [3.63, 3.8) is 0 Å². The van der Waals surface area contributed by atoms with Crippen LogP contribution in [0.1, 0.15) is 40.0 Å². The van der Waals surface area contributed by atoms with Crippen LogP contribution in [0.15, 0.2) is 12.2 Å². The first-order valence-electron chi connectivity index (χ1n) is 6.85. The van der Waals surface area contributed by atoms with Gasteiger partial charge >= 0.3 is 0 Å². The van der Waals surface area contributed by atoms with Crippen LogP contribution in [0.4, 0.5) is 0 Å². The Morgan fingerprint density at radius 3 is 2.75 bits per heavy atom. The number of rotatable bonds is 0. The van der Waals surface area contributed by atoms with E-state index < -0.39 is 0 Å². The van der Waals surface area contributed by atoms with Crippen LogP contribution in [-0.4, -0.2) is 12.2 Å². The summed E-state index contributed by atoms with van der Waals surface area (Å²) in [6, 6.07) is 0. The second-order valence-electron chi connectivity index (χ2n) is 7.26. The molecule has 0 aromatic rings. The zero-order chi connectivity index (χ0) is 11.2. The van der Waals surface area contributed by atoms with E-state index in [9.17, 15) is 0 Å². The van der Waals surface area contributed by atoms with Gasteiger partial charge in [-0.3, -0.25) is 0 Å². The zero-order valence-corrected chi connectivity index (χ0v) is 10.6. The average Bonchev–Trinajstić information content (AvgIpc) is 2.89. The van der Waals surface area contributed by atoms with E-state index in [1.54, 1.807) is 0 Å². The molecule has 3 fully saturated rings. The third-order valence-electron chi connectivity index (χ3n) is 6.54. The standard InChI is InChI=1S/C15H22O/c1-10-4-6-14-8-11(10)13(2,3)12(14)5-7-15(14)9-16-15/h4,6,10-12H,5,7-9H2,1-3H3/t10-,11-,12+,14+,15-/m1/s1. The number of hydrogen-bond donors (Lipinski definition) is 0. The fourth-order valence-corrected chi connectivity index (χ4v) is 5.59. The van der Waals surface area contributed by atoms with Gasteiger partial charge in [-0.2, -0.15) is 0 Å². The molecule has 4 rings (SSSR count). The van der Waals surface area contributed by atoms with Gasteiger partial charge in [-0.05, 0) is 42.4 Å². The molecule has 2 bridgehead atoms. The Labute approximate surface area is 98.2 Å². The Hall–Kier alpha value is -0.300. The number of ether oxygens (including phenoxy) is 1. The smallest absolute Gasteiger partial charge is 0.101 e. The van der Waals surface area contributed by atoms with Gasteiger partial charge in [-0.25, -0.2) is 0 Å². The third-order valence-corrected chi connectivity index (χ3v) is 6.54. The monoisotopic (exact) mass is 218 g/mol. The highest BCUT2D eigenvalue weighted by atomic mass is 16.6. The molecule has 0 aromatic heterocycles. The molecule has 1 heterocycles. The van der Waals surface area contributed by atoms with E-state index >= 15 is 0 Å². The van der Waals surface area contributed by atoms with E-state index in [0.29, 0.717) is 10.8 Å². The number of hydrogen-bond acceptors (Lipinski definition) is 1. The summed E-state index contributed by atoms with van der Waals surface area (Å²) in [4.78, 5) is 0. The Kier molecular flexibility index (Phi) is 1.47. The van der Waals surface area contributed by atoms with Crippen molar-refractivity contribution in [1.82, 2.24) is 0 Å². The van der Waals surface area contributed by atoms with E-state index in [-0.39, 0.29) is 5.60 Å². The predicted molar refractivity (Wildman–Crippen MR) is 64.0 cm³/mol. The van der Waals surface area contributed by atoms with Crippen LogP contribution in [0, 0.1) is 28.6 Å². The summed E-state index contributed by atoms with van der Waals surface area (Å²) in [5, 5.41) is 0. The molecule has 0 radical (unpaired) electrons. The van der Waals surface area contributed by atoms with Gasteiger partial charge in [0.15, 0.2) is 0 Å². The minimum Gasteiger partial charge on any atom is -0.369 e. The summed E-state index contributed by atoms with van der Waals surface area (Å²) in [5.41, 5.74) is 1.21. The van der Waals surface area contributed by atoms with E-state index in [0.717, 1.165) is 24.4 Å². The van der Waals surface area contributed by atoms with Crippen LogP contribution in [0.5, 0.6) is 0 Å². The van der Waals surface area contributed by atoms with Crippen molar-refractivity contribution in [3.8, 4) is 0 Å². The topological polar surface area (TPSA) is 12.5 Å². The van der Waals surface area contributed by atoms with E-state index in [4.69, 9.17) is 4.74 Å². The van der Waals surface area contributed by atoms with Crippen LogP contribution < -0.4 is 0 Å². The quantitative estimate of drug-likeness (QED) is 0.448. The molecule has 0 aromatic carbocycles. The van der Waals surface area contributed by atoms with Crippen molar-refractivity contribution < 1.29 is 4.74 Å². The highest BCUT2D eigenvalue weighted by Crippen LogP contribution is 2.75. The molecule has 4 aliphatic rings. The number of epoxide rings is 1. The molecule has 0 amide bonds. The lowest BCUT2D eigenvalue weighted by molar-refractivity contribution is 0.130. The Balaban J connectivity index is 1.90. The number of allylic oxidation sites excluding steroid dienone is 1. The fourth-order valence-electron chi connectivity index (χ4n) is 5.59. The van der Waals surface area contributed by atoms with Crippen molar-refractivity contribution in [2.45, 2.75) is 45.6 Å². The maximum absolute atomic E-state index is 5.92. The lowest BCUT2D eigenvalue weighted by atomic mass is 9.69. The van der Waals surface area contributed by atoms with Crippen molar-refractivity contribution in [2.24, 2.45) is 28.6 Å². The van der Waals surface area contributed by atoms with Gasteiger partial charge in [0.1, 0.15) is 5.60 Å². The first-order valence-corrected chi connectivity index (χ1v) is 6.85. The predicted octanol–water partition coefficient (Wildman–Crippen LogP) is 3.40. The summed E-state index contributed by atoms with van der Waals surface area (Å²) in [6.07, 6.45) is 9.15. The minimum absolute atomic E-state index is 0.278. The molecule has 5 atom stereocenters. The van der Waals surface area contributed by atoms with Crippen LogP contribution in [0.2, 0.25) is 0 Å². The first kappa shape index (κ1) is 9.70. The van der Waals surface area contributed by atoms with Crippen LogP contribution in [0.3, 0.4) is 0 Å². The van der Waals surface area contributed by atoms with Crippen LogP contribution in [0.25, 0.3) is 0 Å². The Morgan fingerprint density at radius 2 is 2.06 bits per heavy atom. The van der Waals surface area contributed by atoms with Crippen molar-refractivity contribution in [2.75, 3.05) is 6.61 Å². The molecule has 1 aliphatic heterocycles. The molecular weight excluding hydrogens is 196 g/mol. The molecule has 0 unspecified atom stereocenters. The summed E-state index contributed by atoms with van der Waals surface area (Å²) in [5.74, 6) is 2.51. The van der Waals surface area contributed by atoms with Gasteiger partial charge in [0.05, 0.1) is 6.61 Å². The summed E-state index contributed by atoms with van der Waals surface area (Å²) in [7, 11) is 0. The normalized spacial score (nSPS) is 60.3. The van der Waals surface area contributed by atoms with Crippen LogP contribution >= 0.6 is 0 Å². The lowest BCUT2D eigenvalue weighted by Crippen LogP contribution is -2.35. The van der Waals surface area contributed by atoms with E-state index in [1.807, 2.05) is 0 Å². The molecule has 2 saturated carbocycles. The largest absolute Gasteiger partial charge is 0.369 e. The SMILES string of the molecule is C[C@@H]1C=C[C@]23C[C@H]1C(C)(C)[C@@H]2CC[C@@]31CO1. The molecule has 16 heavy (non-hydrogen) atoms. The second kappa shape index (κ2) is 2.43. The van der Waals surface area contributed by atoms with Gasteiger partial charge < -0.3 is 4.74 Å². The first-order chi connectivity index (χ1) is 7.52. The van der Waals surface area contributed by atoms with Gasteiger partial charge in [0, 0.05) is 5.41 Å². The molecule has 88 valence electrons. The molecule has 1 heteroatoms. The highest BCUT2D eigenvalue weighted by Gasteiger charge is 2.74. The van der Waals surface area contributed by atoms with Gasteiger partial charge in [0.25, 0.3) is 0 Å². The fraction of sp³-hybridized carbons (Fsp3) is 0.867. The van der Waals surface area contributed by atoms with Gasteiger partial charge in [-0.1, -0.05) is 32.9 Å². The maximum atomic E-state index is 5.92. The number of fused-ring (bicyclic) bond motifs is 1. The molecule has 0 N–H and O–H groups in total. The lowest BCUT2D eigenvalue weighted by Gasteiger charge is -2.34. The molecule has 2 spiro atoms. The average molecular weight is 218 g/mol. The van der Waals surface area contributed by atoms with Crippen molar-refractivity contribution in [3.05, 3.63) is 12.2 Å². The molecular formula is C15H22O. The molecule has 1 saturated heterocycles. The summed E-state index contributed by atoms with van der Waals surface area (Å²) >= 11 is 0. The van der Waals surface area contributed by atoms with E-state index in [1.165, 1.54) is 19.3 Å². The van der Waals surface area contributed by atoms with Crippen LogP contribution in [-0.2, 0) is 4.74 Å². The van der Waals surface area contributed by atoms with Gasteiger partial charge in [-0.15, -0.1) is 0 Å². The Morgan fingerprint density at radius 1 is 1.31 bits per heavy atom. The zero-order valence-electron chi connectivity index (χ0n) is 10.6. The molecule has 1 nitrogen and oxygen atoms in total. The maximum Gasteiger partial charge on any atom is 0.101 e. The summed E-state index contributed by atoms with van der Waals surface area (Å²) < 4.78 is 5.92. The van der Waals surface area contributed by atoms with Crippen molar-refractivity contribution >= 4 is 0 Å². The Bertz CT molecular complexity index is 377. The van der Waals surface area contributed by atoms with E-state index in [2.05, 4.69) is 32.9 Å². The van der Waals surface area contributed by atoms with Gasteiger partial charge in [0.2, 0.25) is 0 Å². The third kappa shape index (κ3) is 0.796. The second-order valence-corrected chi connectivity index (χ2v) is 7.26. The minimum atomic E-state index is 0.278. The molecule has 3 aliphatic carbocycles.